The molecule has 2 aliphatic rings. The number of piperidine rings is 1. The van der Waals surface area contributed by atoms with E-state index < -0.39 is 0 Å². The Morgan fingerprint density at radius 3 is 2.80 bits per heavy atom. The molecular formula is C17H22N2S. The van der Waals surface area contributed by atoms with Crippen molar-refractivity contribution in [2.45, 2.75) is 49.5 Å². The maximum absolute atomic E-state index is 9.57. The van der Waals surface area contributed by atoms with E-state index in [0.29, 0.717) is 6.04 Å². The van der Waals surface area contributed by atoms with Gasteiger partial charge in [-0.05, 0) is 50.0 Å². The molecule has 0 spiro atoms. The molecular weight excluding hydrogens is 264 g/mol. The number of fused-ring (bicyclic) bond motifs is 1. The van der Waals surface area contributed by atoms with Crippen molar-refractivity contribution in [1.29, 1.82) is 5.26 Å². The molecule has 1 aliphatic heterocycles. The van der Waals surface area contributed by atoms with Crippen LogP contribution in [-0.4, -0.2) is 18.8 Å². The average Bonchev–Trinajstić information content (AvgIpc) is 2.53. The molecule has 1 heterocycles. The van der Waals surface area contributed by atoms with Crippen molar-refractivity contribution in [2.24, 2.45) is 5.92 Å². The van der Waals surface area contributed by atoms with Crippen LogP contribution < -0.4 is 4.90 Å². The van der Waals surface area contributed by atoms with E-state index in [1.165, 1.54) is 44.2 Å². The van der Waals surface area contributed by atoms with Crippen molar-refractivity contribution < 1.29 is 0 Å². The Morgan fingerprint density at radius 1 is 1.20 bits per heavy atom. The van der Waals surface area contributed by atoms with Crippen LogP contribution in [0.3, 0.4) is 0 Å². The maximum Gasteiger partial charge on any atom is 0.103 e. The second kappa shape index (κ2) is 6.10. The first-order valence-electron chi connectivity index (χ1n) is 7.69. The molecule has 0 radical (unpaired) electrons. The van der Waals surface area contributed by atoms with Crippen LogP contribution in [0.5, 0.6) is 0 Å². The number of hydrogen-bond acceptors (Lipinski definition) is 3. The summed E-state index contributed by atoms with van der Waals surface area (Å²) in [5.74, 6) is 0.849. The highest BCUT2D eigenvalue weighted by molar-refractivity contribution is 7.98. The summed E-state index contributed by atoms with van der Waals surface area (Å²) in [5.41, 5.74) is 2.06. The molecule has 106 valence electrons. The molecule has 1 aromatic rings. The lowest BCUT2D eigenvalue weighted by molar-refractivity contribution is 0.243. The first kappa shape index (κ1) is 13.8. The van der Waals surface area contributed by atoms with E-state index in [0.717, 1.165) is 22.9 Å². The van der Waals surface area contributed by atoms with E-state index in [9.17, 15) is 5.26 Å². The molecule has 2 fully saturated rings. The predicted octanol–water partition coefficient (Wildman–Crippen LogP) is 4.44. The zero-order valence-corrected chi connectivity index (χ0v) is 13.0. The van der Waals surface area contributed by atoms with Gasteiger partial charge in [0.05, 0.1) is 11.3 Å². The Bertz CT molecular complexity index is 518. The van der Waals surface area contributed by atoms with Crippen molar-refractivity contribution >= 4 is 17.4 Å². The second-order valence-electron chi connectivity index (χ2n) is 5.91. The number of benzene rings is 1. The molecule has 0 aromatic heterocycles. The van der Waals surface area contributed by atoms with Crippen LogP contribution >= 0.6 is 11.8 Å². The molecule has 0 amide bonds. The largest absolute Gasteiger partial charge is 0.367 e. The minimum absolute atomic E-state index is 0.668. The third-order valence-corrected chi connectivity index (χ3v) is 5.67. The monoisotopic (exact) mass is 286 g/mol. The Hall–Kier alpha value is -1.14. The van der Waals surface area contributed by atoms with Crippen LogP contribution in [0.15, 0.2) is 23.1 Å². The molecule has 3 heteroatoms. The summed E-state index contributed by atoms with van der Waals surface area (Å²) in [7, 11) is 0. The van der Waals surface area contributed by atoms with Crippen molar-refractivity contribution in [3.8, 4) is 6.07 Å². The fourth-order valence-electron chi connectivity index (χ4n) is 3.97. The summed E-state index contributed by atoms with van der Waals surface area (Å²) in [6, 6.07) is 9.43. The van der Waals surface area contributed by atoms with Crippen molar-refractivity contribution in [3.63, 3.8) is 0 Å². The number of anilines is 1. The predicted molar refractivity (Wildman–Crippen MR) is 85.3 cm³/mol. The van der Waals surface area contributed by atoms with E-state index in [4.69, 9.17) is 0 Å². The number of nitriles is 1. The average molecular weight is 286 g/mol. The van der Waals surface area contributed by atoms with E-state index in [1.54, 1.807) is 11.8 Å². The molecule has 0 unspecified atom stereocenters. The van der Waals surface area contributed by atoms with Crippen LogP contribution in [0.2, 0.25) is 0 Å². The second-order valence-corrected chi connectivity index (χ2v) is 6.76. The van der Waals surface area contributed by atoms with Gasteiger partial charge in [-0.15, -0.1) is 11.8 Å². The van der Waals surface area contributed by atoms with Gasteiger partial charge in [0, 0.05) is 17.5 Å². The quantitative estimate of drug-likeness (QED) is 0.752. The van der Waals surface area contributed by atoms with Gasteiger partial charge in [-0.25, -0.2) is 0 Å². The van der Waals surface area contributed by atoms with Gasteiger partial charge >= 0.3 is 0 Å². The van der Waals surface area contributed by atoms with Gasteiger partial charge in [0.2, 0.25) is 0 Å². The Labute approximate surface area is 126 Å². The van der Waals surface area contributed by atoms with Crippen molar-refractivity contribution in [1.82, 2.24) is 0 Å². The van der Waals surface area contributed by atoms with Crippen molar-refractivity contribution in [3.05, 3.63) is 23.8 Å². The summed E-state index contributed by atoms with van der Waals surface area (Å²) >= 11 is 1.68. The van der Waals surface area contributed by atoms with E-state index >= 15 is 0 Å². The summed E-state index contributed by atoms with van der Waals surface area (Å²) in [6.45, 7) is 1.12. The lowest BCUT2D eigenvalue weighted by Gasteiger charge is -2.45. The highest BCUT2D eigenvalue weighted by atomic mass is 32.2. The van der Waals surface area contributed by atoms with Crippen molar-refractivity contribution in [2.75, 3.05) is 17.7 Å². The minimum Gasteiger partial charge on any atom is -0.367 e. The van der Waals surface area contributed by atoms with Gasteiger partial charge in [0.1, 0.15) is 6.07 Å². The Kier molecular flexibility index (Phi) is 4.21. The lowest BCUT2D eigenvalue weighted by Crippen LogP contribution is -2.47. The molecule has 3 rings (SSSR count). The summed E-state index contributed by atoms with van der Waals surface area (Å²) in [5, 5.41) is 9.57. The lowest BCUT2D eigenvalue weighted by atomic mass is 9.78. The molecule has 20 heavy (non-hydrogen) atoms. The normalized spacial score (nSPS) is 25.9. The fraction of sp³-hybridized carbons (Fsp3) is 0.588. The summed E-state index contributed by atoms with van der Waals surface area (Å²) < 4.78 is 0. The Balaban J connectivity index is 1.97. The molecule has 2 atom stereocenters. The van der Waals surface area contributed by atoms with E-state index in [-0.39, 0.29) is 0 Å². The summed E-state index contributed by atoms with van der Waals surface area (Å²) in [4.78, 5) is 3.66. The van der Waals surface area contributed by atoms with Crippen LogP contribution in [0.4, 0.5) is 5.69 Å². The Morgan fingerprint density at radius 2 is 2.00 bits per heavy atom. The van der Waals surface area contributed by atoms with E-state index in [2.05, 4.69) is 35.4 Å². The van der Waals surface area contributed by atoms with Gasteiger partial charge in [-0.3, -0.25) is 0 Å². The molecule has 0 bridgehead atoms. The van der Waals surface area contributed by atoms with Gasteiger partial charge < -0.3 is 4.90 Å². The zero-order valence-electron chi connectivity index (χ0n) is 12.1. The summed E-state index contributed by atoms with van der Waals surface area (Å²) in [6.07, 6.45) is 10.1. The van der Waals surface area contributed by atoms with Gasteiger partial charge in [-0.1, -0.05) is 18.9 Å². The highest BCUT2D eigenvalue weighted by Gasteiger charge is 2.34. The van der Waals surface area contributed by atoms with Crippen LogP contribution in [0.25, 0.3) is 0 Å². The number of nitrogens with zero attached hydrogens (tertiary/aromatic N) is 2. The SMILES string of the molecule is CSc1cccc(N2CCC[C@H]3CCCC[C@H]32)c1C#N. The minimum atomic E-state index is 0.668. The molecule has 1 saturated carbocycles. The number of rotatable bonds is 2. The van der Waals surface area contributed by atoms with Gasteiger partial charge in [0.15, 0.2) is 0 Å². The highest BCUT2D eigenvalue weighted by Crippen LogP contribution is 2.40. The smallest absolute Gasteiger partial charge is 0.103 e. The van der Waals surface area contributed by atoms with Crippen LogP contribution in [-0.2, 0) is 0 Å². The molecule has 0 N–H and O–H groups in total. The molecule has 1 saturated heterocycles. The molecule has 2 nitrogen and oxygen atoms in total. The first-order valence-corrected chi connectivity index (χ1v) is 8.91. The molecule has 1 aliphatic carbocycles. The maximum atomic E-state index is 9.57. The molecule has 1 aromatic carbocycles. The number of hydrogen-bond donors (Lipinski definition) is 0. The number of thioether (sulfide) groups is 1. The standard InChI is InChI=1S/C17H22N2S/c1-20-17-10-4-9-16(14(17)12-18)19-11-5-7-13-6-2-3-8-15(13)19/h4,9-10,13,15H,2-3,5-8,11H2,1H3/t13-,15-/m1/s1. The first-order chi connectivity index (χ1) is 9.85. The third-order valence-electron chi connectivity index (χ3n) is 4.89. The van der Waals surface area contributed by atoms with Crippen LogP contribution in [0.1, 0.15) is 44.1 Å². The van der Waals surface area contributed by atoms with Crippen LogP contribution in [0, 0.1) is 17.2 Å². The zero-order chi connectivity index (χ0) is 13.9. The van der Waals surface area contributed by atoms with Gasteiger partial charge in [0.25, 0.3) is 0 Å². The topological polar surface area (TPSA) is 27.0 Å². The van der Waals surface area contributed by atoms with Gasteiger partial charge in [-0.2, -0.15) is 5.26 Å². The van der Waals surface area contributed by atoms with E-state index in [1.807, 2.05) is 0 Å². The third kappa shape index (κ3) is 2.42. The fourth-order valence-corrected chi connectivity index (χ4v) is 4.53.